The molecule has 0 radical (unpaired) electrons. The molecule has 1 heterocycles. The van der Waals surface area contributed by atoms with Gasteiger partial charge in [0, 0.05) is 30.2 Å². The van der Waals surface area contributed by atoms with Crippen molar-refractivity contribution < 1.29 is 14.3 Å². The molecule has 130 valence electrons. The highest BCUT2D eigenvalue weighted by atomic mass is 16.5. The Labute approximate surface area is 149 Å². The molecular weight excluding hydrogens is 312 g/mol. The molecule has 0 aromatic heterocycles. The minimum Gasteiger partial charge on any atom is -0.374 e. The highest BCUT2D eigenvalue weighted by Gasteiger charge is 2.39. The summed E-state index contributed by atoms with van der Waals surface area (Å²) in [6.07, 6.45) is 0.703. The third kappa shape index (κ3) is 4.23. The molecule has 2 aromatic carbocycles. The highest BCUT2D eigenvalue weighted by Crippen LogP contribution is 2.36. The van der Waals surface area contributed by atoms with Crippen LogP contribution in [0, 0.1) is 5.92 Å². The van der Waals surface area contributed by atoms with Gasteiger partial charge in [-0.05, 0) is 19.4 Å². The Balaban J connectivity index is 1.86. The van der Waals surface area contributed by atoms with Gasteiger partial charge >= 0.3 is 0 Å². The van der Waals surface area contributed by atoms with Crippen LogP contribution >= 0.6 is 0 Å². The lowest BCUT2D eigenvalue weighted by molar-refractivity contribution is -0.145. The molecule has 0 bridgehead atoms. The van der Waals surface area contributed by atoms with Crippen molar-refractivity contribution in [1.29, 1.82) is 0 Å². The second-order valence-electron chi connectivity index (χ2n) is 7.33. The van der Waals surface area contributed by atoms with Crippen LogP contribution < -0.4 is 0 Å². The molecule has 0 aliphatic carbocycles. The zero-order valence-electron chi connectivity index (χ0n) is 14.8. The van der Waals surface area contributed by atoms with Crippen molar-refractivity contribution >= 4 is 11.6 Å². The van der Waals surface area contributed by atoms with Gasteiger partial charge in [0.2, 0.25) is 0 Å². The molecule has 25 heavy (non-hydrogen) atoms. The Kier molecular flexibility index (Phi) is 5.14. The number of Topliss-reactive ketones (excluding diaryl/α,β-unsaturated/α-hetero) is 2. The van der Waals surface area contributed by atoms with E-state index >= 15 is 0 Å². The second-order valence-corrected chi connectivity index (χ2v) is 7.33. The highest BCUT2D eigenvalue weighted by molar-refractivity contribution is 5.97. The fourth-order valence-electron chi connectivity index (χ4n) is 3.48. The maximum atomic E-state index is 12.8. The molecule has 2 atom stereocenters. The van der Waals surface area contributed by atoms with Gasteiger partial charge in [0.15, 0.2) is 5.78 Å². The van der Waals surface area contributed by atoms with Crippen molar-refractivity contribution in [1.82, 2.24) is 0 Å². The average Bonchev–Trinajstić information content (AvgIpc) is 2.61. The molecule has 0 N–H and O–H groups in total. The van der Waals surface area contributed by atoms with E-state index in [9.17, 15) is 9.59 Å². The van der Waals surface area contributed by atoms with Crippen LogP contribution in [0.15, 0.2) is 60.7 Å². The Hall–Kier alpha value is -2.26. The Bertz CT molecular complexity index is 734. The van der Waals surface area contributed by atoms with E-state index < -0.39 is 5.60 Å². The summed E-state index contributed by atoms with van der Waals surface area (Å²) in [5.74, 6) is -0.182. The van der Waals surface area contributed by atoms with Crippen LogP contribution in [0.25, 0.3) is 0 Å². The predicted octanol–water partition coefficient (Wildman–Crippen LogP) is 4.43. The summed E-state index contributed by atoms with van der Waals surface area (Å²) in [4.78, 5) is 25.5. The zero-order chi connectivity index (χ0) is 17.9. The van der Waals surface area contributed by atoms with Crippen LogP contribution in [0.3, 0.4) is 0 Å². The van der Waals surface area contributed by atoms with E-state index in [4.69, 9.17) is 4.74 Å². The van der Waals surface area contributed by atoms with Gasteiger partial charge in [-0.25, -0.2) is 0 Å². The first kappa shape index (κ1) is 17.6. The number of carbonyl (C=O) groups is 2. The summed E-state index contributed by atoms with van der Waals surface area (Å²) in [5.41, 5.74) is 1.29. The van der Waals surface area contributed by atoms with Gasteiger partial charge in [0.05, 0.1) is 12.2 Å². The molecule has 0 amide bonds. The first-order valence-corrected chi connectivity index (χ1v) is 8.76. The second kappa shape index (κ2) is 7.32. The molecule has 3 heteroatoms. The Morgan fingerprint density at radius 1 is 1.08 bits per heavy atom. The minimum atomic E-state index is -0.418. The van der Waals surface area contributed by atoms with Crippen molar-refractivity contribution in [2.24, 2.45) is 5.92 Å². The van der Waals surface area contributed by atoms with Crippen molar-refractivity contribution in [2.45, 2.75) is 38.2 Å². The summed E-state index contributed by atoms with van der Waals surface area (Å²) in [6, 6.07) is 19.1. The first-order valence-electron chi connectivity index (χ1n) is 8.76. The smallest absolute Gasteiger partial charge is 0.163 e. The molecule has 1 aliphatic heterocycles. The molecule has 1 aliphatic rings. The number of carbonyl (C=O) groups excluding carboxylic acids is 2. The Morgan fingerprint density at radius 2 is 1.68 bits per heavy atom. The van der Waals surface area contributed by atoms with Crippen LogP contribution in [0.1, 0.15) is 48.5 Å². The summed E-state index contributed by atoms with van der Waals surface area (Å²) < 4.78 is 5.91. The van der Waals surface area contributed by atoms with E-state index in [-0.39, 0.29) is 23.4 Å². The topological polar surface area (TPSA) is 43.4 Å². The van der Waals surface area contributed by atoms with Crippen molar-refractivity contribution in [2.75, 3.05) is 6.61 Å². The first-order chi connectivity index (χ1) is 12.0. The molecular formula is C22H24O3. The van der Waals surface area contributed by atoms with E-state index in [2.05, 4.69) is 0 Å². The van der Waals surface area contributed by atoms with Crippen LogP contribution in [0.4, 0.5) is 0 Å². The van der Waals surface area contributed by atoms with E-state index in [1.165, 1.54) is 0 Å². The lowest BCUT2D eigenvalue weighted by Crippen LogP contribution is -2.42. The van der Waals surface area contributed by atoms with Crippen LogP contribution in [-0.4, -0.2) is 23.8 Å². The van der Waals surface area contributed by atoms with Gasteiger partial charge in [-0.2, -0.15) is 0 Å². The van der Waals surface area contributed by atoms with Gasteiger partial charge in [-0.15, -0.1) is 0 Å². The molecule has 0 unspecified atom stereocenters. The summed E-state index contributed by atoms with van der Waals surface area (Å²) in [5, 5.41) is 0. The number of hydrogen-bond acceptors (Lipinski definition) is 3. The minimum absolute atomic E-state index is 0.0621. The zero-order valence-corrected chi connectivity index (χ0v) is 14.8. The van der Waals surface area contributed by atoms with E-state index in [0.29, 0.717) is 25.0 Å². The lowest BCUT2D eigenvalue weighted by Gasteiger charge is -2.37. The van der Waals surface area contributed by atoms with Gasteiger partial charge in [0.1, 0.15) is 5.78 Å². The van der Waals surface area contributed by atoms with Gasteiger partial charge < -0.3 is 4.74 Å². The van der Waals surface area contributed by atoms with E-state index in [1.54, 1.807) is 0 Å². The van der Waals surface area contributed by atoms with Crippen LogP contribution in [0.2, 0.25) is 0 Å². The average molecular weight is 336 g/mol. The number of ether oxygens (including phenoxy) is 1. The van der Waals surface area contributed by atoms with Crippen molar-refractivity contribution in [3.05, 3.63) is 71.8 Å². The molecule has 0 spiro atoms. The maximum Gasteiger partial charge on any atom is 0.163 e. The van der Waals surface area contributed by atoms with Crippen molar-refractivity contribution in [3.63, 3.8) is 0 Å². The third-order valence-corrected chi connectivity index (χ3v) is 4.88. The number of ketones is 2. The molecule has 3 nitrogen and oxygen atoms in total. The molecule has 3 rings (SSSR count). The summed E-state index contributed by atoms with van der Waals surface area (Å²) in [6.45, 7) is 4.25. The Morgan fingerprint density at radius 3 is 2.28 bits per heavy atom. The lowest BCUT2D eigenvalue weighted by atomic mass is 9.76. The standard InChI is InChI=1S/C22H24O3/c1-22(2)14-21(24)19(15-25-22)18(16-9-5-3-6-10-16)13-20(23)17-11-7-4-8-12-17/h3-12,18-19H,13-15H2,1-2H3/t18-,19-/m0/s1. The van der Waals surface area contributed by atoms with Crippen LogP contribution in [-0.2, 0) is 9.53 Å². The number of hydrogen-bond donors (Lipinski definition) is 0. The molecule has 1 fully saturated rings. The van der Waals surface area contributed by atoms with Gasteiger partial charge in [0.25, 0.3) is 0 Å². The predicted molar refractivity (Wildman–Crippen MR) is 97.7 cm³/mol. The fraction of sp³-hybridized carbons (Fsp3) is 0.364. The quantitative estimate of drug-likeness (QED) is 0.759. The monoisotopic (exact) mass is 336 g/mol. The van der Waals surface area contributed by atoms with E-state index in [1.807, 2.05) is 74.5 Å². The molecule has 2 aromatic rings. The maximum absolute atomic E-state index is 12.8. The SMILES string of the molecule is CC1(C)CC(=O)[C@H]([C@@H](CC(=O)c2ccccc2)c2ccccc2)CO1. The summed E-state index contributed by atoms with van der Waals surface area (Å²) in [7, 11) is 0. The molecule has 1 saturated heterocycles. The van der Waals surface area contributed by atoms with Crippen LogP contribution in [0.5, 0.6) is 0 Å². The van der Waals surface area contributed by atoms with Crippen molar-refractivity contribution in [3.8, 4) is 0 Å². The number of benzene rings is 2. The third-order valence-electron chi connectivity index (χ3n) is 4.88. The molecule has 0 saturated carbocycles. The van der Waals surface area contributed by atoms with Gasteiger partial charge in [-0.3, -0.25) is 9.59 Å². The summed E-state index contributed by atoms with van der Waals surface area (Å²) >= 11 is 0. The number of rotatable bonds is 5. The normalized spacial score (nSPS) is 20.9. The fourth-order valence-corrected chi connectivity index (χ4v) is 3.48. The largest absolute Gasteiger partial charge is 0.374 e. The van der Waals surface area contributed by atoms with E-state index in [0.717, 1.165) is 5.56 Å². The van der Waals surface area contributed by atoms with Gasteiger partial charge in [-0.1, -0.05) is 60.7 Å².